The number of rotatable bonds is 2. The van der Waals surface area contributed by atoms with Crippen LogP contribution in [0.5, 0.6) is 0 Å². The average molecular weight is 318 g/mol. The van der Waals surface area contributed by atoms with E-state index in [2.05, 4.69) is 6.92 Å². The van der Waals surface area contributed by atoms with Crippen LogP contribution in [-0.4, -0.2) is 41.8 Å². The third kappa shape index (κ3) is 3.09. The van der Waals surface area contributed by atoms with Crippen LogP contribution in [0.4, 0.5) is 4.39 Å². The Labute approximate surface area is 136 Å². The van der Waals surface area contributed by atoms with Crippen molar-refractivity contribution in [2.24, 2.45) is 11.8 Å². The summed E-state index contributed by atoms with van der Waals surface area (Å²) in [4.78, 5) is 28.7. The molecule has 2 heterocycles. The zero-order chi connectivity index (χ0) is 16.6. The Morgan fingerprint density at radius 2 is 1.96 bits per heavy atom. The second kappa shape index (κ2) is 6.30. The van der Waals surface area contributed by atoms with Crippen molar-refractivity contribution in [2.75, 3.05) is 20.1 Å². The van der Waals surface area contributed by atoms with Gasteiger partial charge < -0.3 is 9.80 Å². The third-order valence-electron chi connectivity index (χ3n) is 5.08. The second-order valence-electron chi connectivity index (χ2n) is 6.84. The molecule has 5 heteroatoms. The number of benzene rings is 1. The van der Waals surface area contributed by atoms with E-state index in [0.717, 1.165) is 31.5 Å². The molecular weight excluding hydrogens is 295 g/mol. The summed E-state index contributed by atoms with van der Waals surface area (Å²) in [6.07, 6.45) is 2.40. The highest BCUT2D eigenvalue weighted by atomic mass is 19.1. The monoisotopic (exact) mass is 318 g/mol. The first-order chi connectivity index (χ1) is 11.0. The molecule has 2 fully saturated rings. The van der Waals surface area contributed by atoms with E-state index in [1.165, 1.54) is 12.1 Å². The lowest BCUT2D eigenvalue weighted by Gasteiger charge is -2.34. The van der Waals surface area contributed by atoms with Crippen LogP contribution in [0.3, 0.4) is 0 Å². The molecule has 2 amide bonds. The predicted octanol–water partition coefficient (Wildman–Crippen LogP) is 2.60. The fourth-order valence-electron chi connectivity index (χ4n) is 3.83. The van der Waals surface area contributed by atoms with Crippen LogP contribution in [0.1, 0.15) is 37.8 Å². The highest BCUT2D eigenvalue weighted by Crippen LogP contribution is 2.38. The average Bonchev–Trinajstić information content (AvgIpc) is 2.83. The molecule has 3 rings (SSSR count). The molecule has 0 spiro atoms. The maximum Gasteiger partial charge on any atom is 0.228 e. The molecule has 0 N–H and O–H groups in total. The fraction of sp³-hybridized carbons (Fsp3) is 0.556. The van der Waals surface area contributed by atoms with Crippen molar-refractivity contribution in [1.82, 2.24) is 9.80 Å². The highest BCUT2D eigenvalue weighted by molar-refractivity contribution is 5.90. The van der Waals surface area contributed by atoms with Gasteiger partial charge in [0.2, 0.25) is 11.8 Å². The van der Waals surface area contributed by atoms with Gasteiger partial charge in [-0.15, -0.1) is 0 Å². The molecule has 4 nitrogen and oxygen atoms in total. The Balaban J connectivity index is 1.85. The number of hydrogen-bond acceptors (Lipinski definition) is 2. The van der Waals surface area contributed by atoms with E-state index in [1.807, 2.05) is 4.90 Å². The van der Waals surface area contributed by atoms with Crippen molar-refractivity contribution >= 4 is 11.8 Å². The van der Waals surface area contributed by atoms with Gasteiger partial charge in [0.25, 0.3) is 0 Å². The lowest BCUT2D eigenvalue weighted by atomic mass is 9.91. The van der Waals surface area contributed by atoms with Gasteiger partial charge in [-0.3, -0.25) is 9.59 Å². The Morgan fingerprint density at radius 1 is 1.26 bits per heavy atom. The summed E-state index contributed by atoms with van der Waals surface area (Å²) in [6.45, 7) is 3.69. The summed E-state index contributed by atoms with van der Waals surface area (Å²) in [5, 5.41) is 0. The van der Waals surface area contributed by atoms with Crippen LogP contribution in [-0.2, 0) is 9.59 Å². The zero-order valence-corrected chi connectivity index (χ0v) is 13.7. The summed E-state index contributed by atoms with van der Waals surface area (Å²) in [5.74, 6) is -0.144. The molecule has 0 aromatic heterocycles. The van der Waals surface area contributed by atoms with Crippen LogP contribution >= 0.6 is 0 Å². The summed E-state index contributed by atoms with van der Waals surface area (Å²) in [6, 6.07) is 5.82. The lowest BCUT2D eigenvalue weighted by molar-refractivity contribution is -0.138. The van der Waals surface area contributed by atoms with E-state index in [9.17, 15) is 14.0 Å². The molecule has 0 aliphatic carbocycles. The van der Waals surface area contributed by atoms with Gasteiger partial charge in [-0.05, 0) is 36.5 Å². The molecule has 2 aliphatic heterocycles. The number of amides is 2. The Hall–Kier alpha value is -1.91. The Kier molecular flexibility index (Phi) is 4.37. The SMILES string of the molecule is CC1CCCN(C(=O)C2CC(=O)N(C)C2c2ccc(F)cc2)C1. The maximum atomic E-state index is 13.2. The van der Waals surface area contributed by atoms with Gasteiger partial charge in [0, 0.05) is 26.6 Å². The van der Waals surface area contributed by atoms with Crippen molar-refractivity contribution in [1.29, 1.82) is 0 Å². The van der Waals surface area contributed by atoms with Crippen LogP contribution in [0.2, 0.25) is 0 Å². The molecule has 3 unspecified atom stereocenters. The van der Waals surface area contributed by atoms with E-state index in [-0.39, 0.29) is 36.0 Å². The molecule has 0 saturated carbocycles. The largest absolute Gasteiger partial charge is 0.342 e. The van der Waals surface area contributed by atoms with Gasteiger partial charge in [-0.1, -0.05) is 19.1 Å². The minimum Gasteiger partial charge on any atom is -0.342 e. The molecule has 124 valence electrons. The van der Waals surface area contributed by atoms with Gasteiger partial charge in [0.15, 0.2) is 0 Å². The molecular formula is C18H23FN2O2. The highest BCUT2D eigenvalue weighted by Gasteiger charge is 2.44. The smallest absolute Gasteiger partial charge is 0.228 e. The van der Waals surface area contributed by atoms with E-state index in [1.54, 1.807) is 24.1 Å². The van der Waals surface area contributed by atoms with Gasteiger partial charge in [-0.25, -0.2) is 4.39 Å². The summed E-state index contributed by atoms with van der Waals surface area (Å²) >= 11 is 0. The number of nitrogens with zero attached hydrogens (tertiary/aromatic N) is 2. The normalized spacial score (nSPS) is 28.3. The van der Waals surface area contributed by atoms with Gasteiger partial charge in [0.05, 0.1) is 12.0 Å². The summed E-state index contributed by atoms with van der Waals surface area (Å²) < 4.78 is 13.2. The fourth-order valence-corrected chi connectivity index (χ4v) is 3.83. The van der Waals surface area contributed by atoms with Crippen molar-refractivity contribution in [3.63, 3.8) is 0 Å². The van der Waals surface area contributed by atoms with Crippen LogP contribution in [0.25, 0.3) is 0 Å². The first-order valence-electron chi connectivity index (χ1n) is 8.27. The van der Waals surface area contributed by atoms with Crippen LogP contribution < -0.4 is 0 Å². The summed E-state index contributed by atoms with van der Waals surface area (Å²) in [5.41, 5.74) is 0.822. The summed E-state index contributed by atoms with van der Waals surface area (Å²) in [7, 11) is 1.72. The zero-order valence-electron chi connectivity index (χ0n) is 13.7. The standard InChI is InChI=1S/C18H23FN2O2/c1-12-4-3-9-21(11-12)18(23)15-10-16(22)20(2)17(15)13-5-7-14(19)8-6-13/h5-8,12,15,17H,3-4,9-11H2,1-2H3. The van der Waals surface area contributed by atoms with Gasteiger partial charge in [-0.2, -0.15) is 0 Å². The topological polar surface area (TPSA) is 40.6 Å². The number of halogens is 1. The third-order valence-corrected chi connectivity index (χ3v) is 5.08. The number of carbonyl (C=O) groups excluding carboxylic acids is 2. The van der Waals surface area contributed by atoms with Crippen molar-refractivity contribution in [2.45, 2.75) is 32.2 Å². The molecule has 1 aromatic rings. The first-order valence-corrected chi connectivity index (χ1v) is 8.27. The Morgan fingerprint density at radius 3 is 2.61 bits per heavy atom. The number of carbonyl (C=O) groups is 2. The first kappa shape index (κ1) is 16.0. The molecule has 23 heavy (non-hydrogen) atoms. The Bertz CT molecular complexity index is 602. The quantitative estimate of drug-likeness (QED) is 0.841. The van der Waals surface area contributed by atoms with Crippen LogP contribution in [0, 0.1) is 17.7 Å². The van der Waals surface area contributed by atoms with E-state index in [0.29, 0.717) is 5.92 Å². The van der Waals surface area contributed by atoms with E-state index >= 15 is 0 Å². The maximum absolute atomic E-state index is 13.2. The lowest BCUT2D eigenvalue weighted by Crippen LogP contribution is -2.43. The molecule has 0 radical (unpaired) electrons. The number of piperidine rings is 1. The number of hydrogen-bond donors (Lipinski definition) is 0. The number of likely N-dealkylation sites (tertiary alicyclic amines) is 2. The van der Waals surface area contributed by atoms with E-state index in [4.69, 9.17) is 0 Å². The molecule has 2 saturated heterocycles. The second-order valence-corrected chi connectivity index (χ2v) is 6.84. The van der Waals surface area contributed by atoms with E-state index < -0.39 is 0 Å². The molecule has 2 aliphatic rings. The minimum absolute atomic E-state index is 0.0252. The van der Waals surface area contributed by atoms with Crippen molar-refractivity contribution in [3.8, 4) is 0 Å². The molecule has 3 atom stereocenters. The van der Waals surface area contributed by atoms with Gasteiger partial charge >= 0.3 is 0 Å². The van der Waals surface area contributed by atoms with Crippen LogP contribution in [0.15, 0.2) is 24.3 Å². The predicted molar refractivity (Wildman–Crippen MR) is 85.0 cm³/mol. The van der Waals surface area contributed by atoms with Crippen molar-refractivity contribution in [3.05, 3.63) is 35.6 Å². The minimum atomic E-state index is -0.372. The molecule has 0 bridgehead atoms. The molecule has 1 aromatic carbocycles. The van der Waals surface area contributed by atoms with Gasteiger partial charge in [0.1, 0.15) is 5.82 Å². The van der Waals surface area contributed by atoms with Crippen molar-refractivity contribution < 1.29 is 14.0 Å².